The van der Waals surface area contributed by atoms with Crippen molar-refractivity contribution in [3.8, 4) is 6.07 Å². The molecule has 0 aromatic rings. The van der Waals surface area contributed by atoms with E-state index in [2.05, 4.69) is 11.0 Å². The molecule has 18 heavy (non-hydrogen) atoms. The summed E-state index contributed by atoms with van der Waals surface area (Å²) in [6, 6.07) is 1.92. The van der Waals surface area contributed by atoms with Crippen LogP contribution in [0.25, 0.3) is 0 Å². The second kappa shape index (κ2) is 6.75. The summed E-state index contributed by atoms with van der Waals surface area (Å²) < 4.78 is 0. The largest absolute Gasteiger partial charge is 0.480 e. The minimum Gasteiger partial charge on any atom is -0.480 e. The molecule has 1 atom stereocenters. The van der Waals surface area contributed by atoms with Crippen molar-refractivity contribution in [3.05, 3.63) is 0 Å². The molecule has 0 spiro atoms. The van der Waals surface area contributed by atoms with Crippen LogP contribution in [0.1, 0.15) is 52.4 Å². The van der Waals surface area contributed by atoms with Gasteiger partial charge in [0.25, 0.3) is 0 Å². The number of rotatable bonds is 4. The highest BCUT2D eigenvalue weighted by atomic mass is 16.4. The van der Waals surface area contributed by atoms with Crippen LogP contribution < -0.4 is 0 Å². The normalized spacial score (nSPS) is 22.8. The van der Waals surface area contributed by atoms with Gasteiger partial charge in [-0.15, -0.1) is 0 Å². The van der Waals surface area contributed by atoms with Gasteiger partial charge < -0.3 is 5.11 Å². The van der Waals surface area contributed by atoms with Crippen molar-refractivity contribution in [2.24, 2.45) is 5.41 Å². The van der Waals surface area contributed by atoms with Gasteiger partial charge in [0.2, 0.25) is 0 Å². The molecule has 1 heterocycles. The number of nitrogens with zero attached hydrogens (tertiary/aromatic N) is 2. The first-order chi connectivity index (χ1) is 8.46. The number of hydrogen-bond acceptors (Lipinski definition) is 3. The van der Waals surface area contributed by atoms with E-state index >= 15 is 0 Å². The third-order valence-electron chi connectivity index (χ3n) is 3.73. The third-order valence-corrected chi connectivity index (χ3v) is 3.73. The van der Waals surface area contributed by atoms with Crippen LogP contribution in [0.2, 0.25) is 0 Å². The monoisotopic (exact) mass is 252 g/mol. The molecular formula is C14H24N2O2. The lowest BCUT2D eigenvalue weighted by molar-refractivity contribution is -0.144. The van der Waals surface area contributed by atoms with Gasteiger partial charge in [0.05, 0.1) is 11.5 Å². The Balaban J connectivity index is 2.61. The van der Waals surface area contributed by atoms with E-state index in [1.807, 2.05) is 13.8 Å². The average molecular weight is 252 g/mol. The molecule has 0 aromatic carbocycles. The second-order valence-electron chi connectivity index (χ2n) is 5.84. The Kier molecular flexibility index (Phi) is 5.61. The molecule has 102 valence electrons. The summed E-state index contributed by atoms with van der Waals surface area (Å²) in [4.78, 5) is 13.4. The highest BCUT2D eigenvalue weighted by Crippen LogP contribution is 2.22. The van der Waals surface area contributed by atoms with Gasteiger partial charge >= 0.3 is 5.97 Å². The maximum atomic E-state index is 11.3. The molecular weight excluding hydrogens is 228 g/mol. The van der Waals surface area contributed by atoms with Gasteiger partial charge in [-0.3, -0.25) is 9.69 Å². The van der Waals surface area contributed by atoms with Gasteiger partial charge in [-0.05, 0) is 39.7 Å². The summed E-state index contributed by atoms with van der Waals surface area (Å²) in [6.45, 7) is 5.37. The van der Waals surface area contributed by atoms with Crippen molar-refractivity contribution < 1.29 is 9.90 Å². The number of carbonyl (C=O) groups is 1. The minimum absolute atomic E-state index is 0.361. The molecule has 0 amide bonds. The summed E-state index contributed by atoms with van der Waals surface area (Å²) >= 11 is 0. The molecule has 4 nitrogen and oxygen atoms in total. The average Bonchev–Trinajstić information content (AvgIpc) is 2.27. The van der Waals surface area contributed by atoms with Crippen molar-refractivity contribution in [1.82, 2.24) is 4.90 Å². The molecule has 0 bridgehead atoms. The summed E-state index contributed by atoms with van der Waals surface area (Å²) in [5.41, 5.74) is -0.370. The van der Waals surface area contributed by atoms with Crippen molar-refractivity contribution in [2.45, 2.75) is 58.4 Å². The van der Waals surface area contributed by atoms with Gasteiger partial charge in [-0.2, -0.15) is 5.26 Å². The number of aliphatic carboxylic acids is 1. The Morgan fingerprint density at radius 2 is 2.06 bits per heavy atom. The molecule has 1 aliphatic rings. The van der Waals surface area contributed by atoms with Crippen LogP contribution in [-0.2, 0) is 4.79 Å². The van der Waals surface area contributed by atoms with Crippen molar-refractivity contribution in [1.29, 1.82) is 5.26 Å². The first-order valence-electron chi connectivity index (χ1n) is 6.84. The van der Waals surface area contributed by atoms with Crippen molar-refractivity contribution in [3.63, 3.8) is 0 Å². The van der Waals surface area contributed by atoms with Gasteiger partial charge in [0.1, 0.15) is 6.04 Å². The summed E-state index contributed by atoms with van der Waals surface area (Å²) in [7, 11) is 0. The smallest absolute Gasteiger partial charge is 0.320 e. The SMILES string of the molecule is CC(C)(C#N)CCN1CCCCCCC1C(=O)O. The number of likely N-dealkylation sites (tertiary alicyclic amines) is 1. The van der Waals surface area contributed by atoms with Crippen LogP contribution in [-0.4, -0.2) is 35.1 Å². The van der Waals surface area contributed by atoms with E-state index < -0.39 is 5.97 Å². The fourth-order valence-electron chi connectivity index (χ4n) is 2.37. The van der Waals surface area contributed by atoms with Crippen LogP contribution in [0.5, 0.6) is 0 Å². The highest BCUT2D eigenvalue weighted by molar-refractivity contribution is 5.73. The molecule has 0 aliphatic carbocycles. The van der Waals surface area contributed by atoms with Gasteiger partial charge in [0.15, 0.2) is 0 Å². The van der Waals surface area contributed by atoms with Crippen LogP contribution in [0.4, 0.5) is 0 Å². The first-order valence-corrected chi connectivity index (χ1v) is 6.84. The Bertz CT molecular complexity index is 320. The fraction of sp³-hybridized carbons (Fsp3) is 0.857. The van der Waals surface area contributed by atoms with E-state index in [0.29, 0.717) is 6.54 Å². The fourth-order valence-corrected chi connectivity index (χ4v) is 2.37. The van der Waals surface area contributed by atoms with Crippen LogP contribution in [0.15, 0.2) is 0 Å². The molecule has 1 unspecified atom stereocenters. The Morgan fingerprint density at radius 1 is 1.39 bits per heavy atom. The van der Waals surface area contributed by atoms with E-state index in [4.69, 9.17) is 5.26 Å². The summed E-state index contributed by atoms with van der Waals surface area (Å²) in [5.74, 6) is -0.716. The molecule has 1 rings (SSSR count). The molecule has 0 aromatic heterocycles. The van der Waals surface area contributed by atoms with Crippen LogP contribution in [0.3, 0.4) is 0 Å². The predicted octanol–water partition coefficient (Wildman–Crippen LogP) is 2.65. The van der Waals surface area contributed by atoms with Gasteiger partial charge in [-0.25, -0.2) is 0 Å². The topological polar surface area (TPSA) is 64.3 Å². The zero-order chi connectivity index (χ0) is 13.6. The molecule has 1 fully saturated rings. The lowest BCUT2D eigenvalue weighted by Crippen LogP contribution is -2.43. The van der Waals surface area contributed by atoms with E-state index in [1.165, 1.54) is 6.42 Å². The van der Waals surface area contributed by atoms with Crippen LogP contribution in [0, 0.1) is 16.7 Å². The number of carboxylic acid groups (broad SMARTS) is 1. The van der Waals surface area contributed by atoms with Crippen LogP contribution >= 0.6 is 0 Å². The maximum Gasteiger partial charge on any atom is 0.320 e. The predicted molar refractivity (Wildman–Crippen MR) is 70.1 cm³/mol. The zero-order valence-electron chi connectivity index (χ0n) is 11.5. The van der Waals surface area contributed by atoms with E-state index in [9.17, 15) is 9.90 Å². The van der Waals surface area contributed by atoms with Gasteiger partial charge in [-0.1, -0.05) is 19.3 Å². The first kappa shape index (κ1) is 15.0. The lowest BCUT2D eigenvalue weighted by atomic mass is 9.90. The molecule has 0 saturated carbocycles. The van der Waals surface area contributed by atoms with E-state index in [1.54, 1.807) is 0 Å². The molecule has 0 radical (unpaired) electrons. The maximum absolute atomic E-state index is 11.3. The number of carboxylic acids is 1. The van der Waals surface area contributed by atoms with Crippen molar-refractivity contribution in [2.75, 3.05) is 13.1 Å². The van der Waals surface area contributed by atoms with E-state index in [-0.39, 0.29) is 11.5 Å². The lowest BCUT2D eigenvalue weighted by Gasteiger charge is -2.32. The van der Waals surface area contributed by atoms with Crippen molar-refractivity contribution >= 4 is 5.97 Å². The Hall–Kier alpha value is -1.08. The third kappa shape index (κ3) is 4.66. The summed E-state index contributed by atoms with van der Waals surface area (Å²) in [6.07, 6.45) is 5.85. The zero-order valence-corrected chi connectivity index (χ0v) is 11.5. The Labute approximate surface area is 110 Å². The number of hydrogen-bond donors (Lipinski definition) is 1. The second-order valence-corrected chi connectivity index (χ2v) is 5.84. The summed E-state index contributed by atoms with van der Waals surface area (Å²) in [5, 5.41) is 18.3. The Morgan fingerprint density at radius 3 is 2.67 bits per heavy atom. The standard InChI is InChI=1S/C14H24N2O2/c1-14(2,11-15)8-10-16-9-6-4-3-5-7-12(16)13(17)18/h12H,3-10H2,1-2H3,(H,17,18). The highest BCUT2D eigenvalue weighted by Gasteiger charge is 2.28. The van der Waals surface area contributed by atoms with E-state index in [0.717, 1.165) is 38.6 Å². The number of nitriles is 1. The van der Waals surface area contributed by atoms with Gasteiger partial charge in [0, 0.05) is 6.54 Å². The molecule has 4 heteroatoms. The molecule has 1 saturated heterocycles. The molecule has 1 aliphatic heterocycles. The quantitative estimate of drug-likeness (QED) is 0.835. The molecule has 1 N–H and O–H groups in total. The minimum atomic E-state index is -0.716.